The molecule has 0 aliphatic carbocycles. The molecule has 2 rings (SSSR count). The van der Waals surface area contributed by atoms with Crippen LogP contribution in [-0.4, -0.2) is 27.5 Å². The molecule has 5 heteroatoms. The van der Waals surface area contributed by atoms with Gasteiger partial charge in [0.1, 0.15) is 16.4 Å². The molecule has 21 heavy (non-hydrogen) atoms. The van der Waals surface area contributed by atoms with E-state index in [1.165, 1.54) is 11.8 Å². The molecule has 0 unspecified atom stereocenters. The normalized spacial score (nSPS) is 19.7. The fourth-order valence-corrected chi connectivity index (χ4v) is 3.26. The van der Waals surface area contributed by atoms with Crippen LogP contribution in [0.2, 0.25) is 0 Å². The van der Waals surface area contributed by atoms with Gasteiger partial charge >= 0.3 is 5.97 Å². The summed E-state index contributed by atoms with van der Waals surface area (Å²) in [5.41, 5.74) is 0.928. The van der Waals surface area contributed by atoms with E-state index in [4.69, 9.17) is 4.74 Å². The van der Waals surface area contributed by atoms with Crippen LogP contribution in [0.25, 0.3) is 0 Å². The van der Waals surface area contributed by atoms with Crippen LogP contribution in [0.5, 0.6) is 0 Å². The summed E-state index contributed by atoms with van der Waals surface area (Å²) in [5, 5.41) is 10.7. The van der Waals surface area contributed by atoms with Gasteiger partial charge in [-0.15, -0.1) is 0 Å². The Labute approximate surface area is 128 Å². The fraction of sp³-hybridized carbons (Fsp3) is 0.375. The summed E-state index contributed by atoms with van der Waals surface area (Å²) in [6.07, 6.45) is 0.416. The van der Waals surface area contributed by atoms with Crippen molar-refractivity contribution in [1.82, 2.24) is 0 Å². The van der Waals surface area contributed by atoms with E-state index < -0.39 is 5.97 Å². The molecule has 1 aliphatic rings. The second-order valence-electron chi connectivity index (χ2n) is 5.33. The highest BCUT2D eigenvalue weighted by molar-refractivity contribution is 8.15. The Bertz CT molecular complexity index is 591. The third-order valence-electron chi connectivity index (χ3n) is 2.93. The summed E-state index contributed by atoms with van der Waals surface area (Å²) in [4.78, 5) is 16.6. The van der Waals surface area contributed by atoms with E-state index in [0.29, 0.717) is 11.5 Å². The zero-order chi connectivity index (χ0) is 15.5. The Morgan fingerprint density at radius 2 is 2.05 bits per heavy atom. The number of thioether (sulfide) groups is 1. The van der Waals surface area contributed by atoms with Crippen LogP contribution in [0.15, 0.2) is 46.7 Å². The number of allylic oxidation sites excluding steroid dienone is 1. The number of nitrogens with zero attached hydrogens (tertiary/aromatic N) is 1. The Hall–Kier alpha value is -1.75. The molecule has 1 aliphatic heterocycles. The van der Waals surface area contributed by atoms with Crippen molar-refractivity contribution >= 4 is 28.5 Å². The van der Waals surface area contributed by atoms with Crippen molar-refractivity contribution in [2.24, 2.45) is 4.99 Å². The molecule has 0 amide bonds. The molecule has 0 aromatic heterocycles. The highest BCUT2D eigenvalue weighted by Gasteiger charge is 2.36. The summed E-state index contributed by atoms with van der Waals surface area (Å²) in [6, 6.07) is 9.38. The highest BCUT2D eigenvalue weighted by atomic mass is 32.2. The lowest BCUT2D eigenvalue weighted by atomic mass is 10.0. The van der Waals surface area contributed by atoms with Gasteiger partial charge in [0.15, 0.2) is 0 Å². The zero-order valence-corrected chi connectivity index (χ0v) is 13.2. The van der Waals surface area contributed by atoms with Crippen LogP contribution < -0.4 is 0 Å². The van der Waals surface area contributed by atoms with Gasteiger partial charge in [-0.25, -0.2) is 9.79 Å². The number of carbonyl (C=O) groups is 1. The van der Waals surface area contributed by atoms with Gasteiger partial charge in [-0.05, 0) is 32.9 Å². The van der Waals surface area contributed by atoms with E-state index in [1.54, 1.807) is 6.92 Å². The molecule has 1 heterocycles. The smallest absolute Gasteiger partial charge is 0.344 e. The first-order valence-electron chi connectivity index (χ1n) is 6.85. The third-order valence-corrected chi connectivity index (χ3v) is 4.12. The number of hydrogen-bond donors (Lipinski definition) is 1. The molecule has 0 radical (unpaired) electrons. The summed E-state index contributed by atoms with van der Waals surface area (Å²) in [6.45, 7) is 6.03. The van der Waals surface area contributed by atoms with Gasteiger partial charge in [0, 0.05) is 11.2 Å². The number of ether oxygens (including phenoxy) is 1. The number of aliphatic hydroxyl groups is 1. The van der Waals surface area contributed by atoms with E-state index >= 15 is 0 Å². The number of hydrogen-bond acceptors (Lipinski definition) is 5. The molecule has 1 N–H and O–H groups in total. The van der Waals surface area contributed by atoms with Gasteiger partial charge in [-0.1, -0.05) is 30.0 Å². The lowest BCUT2D eigenvalue weighted by molar-refractivity contribution is -0.138. The van der Waals surface area contributed by atoms with Crippen LogP contribution in [-0.2, 0) is 9.53 Å². The molecule has 0 atom stereocenters. The monoisotopic (exact) mass is 305 g/mol. The summed E-state index contributed by atoms with van der Waals surface area (Å²) < 4.78 is 4.82. The van der Waals surface area contributed by atoms with Crippen LogP contribution in [0.3, 0.4) is 0 Å². The first kappa shape index (κ1) is 15.6. The summed E-state index contributed by atoms with van der Waals surface area (Å²) >= 11 is 1.48. The number of esters is 1. The minimum atomic E-state index is -0.521. The van der Waals surface area contributed by atoms with E-state index in [-0.39, 0.29) is 22.7 Å². The van der Waals surface area contributed by atoms with Crippen LogP contribution in [0, 0.1) is 0 Å². The van der Waals surface area contributed by atoms with E-state index in [2.05, 4.69) is 4.99 Å². The Kier molecular flexibility index (Phi) is 4.73. The number of carbonyl (C=O) groups excluding carboxylic acids is 1. The number of aliphatic imine (C=N–C) groups is 1. The van der Waals surface area contributed by atoms with Crippen molar-refractivity contribution in [3.63, 3.8) is 0 Å². The molecule has 1 aromatic carbocycles. The Balaban J connectivity index is 2.46. The van der Waals surface area contributed by atoms with Crippen molar-refractivity contribution < 1.29 is 14.6 Å². The molecule has 0 fully saturated rings. The van der Waals surface area contributed by atoms with Gasteiger partial charge < -0.3 is 9.84 Å². The average molecular weight is 305 g/mol. The first-order chi connectivity index (χ1) is 9.93. The van der Waals surface area contributed by atoms with Gasteiger partial charge in [-0.3, -0.25) is 0 Å². The minimum absolute atomic E-state index is 0.0480. The topological polar surface area (TPSA) is 58.9 Å². The van der Waals surface area contributed by atoms with E-state index in [0.717, 1.165) is 5.69 Å². The van der Waals surface area contributed by atoms with Crippen LogP contribution >= 0.6 is 11.8 Å². The second-order valence-corrected chi connectivity index (χ2v) is 7.03. The van der Waals surface area contributed by atoms with Crippen molar-refractivity contribution in [2.45, 2.75) is 31.9 Å². The average Bonchev–Trinajstić information content (AvgIpc) is 2.38. The molecule has 1 aromatic rings. The molecule has 112 valence electrons. The molecular formula is C16H19NO3S. The maximum atomic E-state index is 12.1. The second kappa shape index (κ2) is 6.35. The van der Waals surface area contributed by atoms with Crippen molar-refractivity contribution in [3.05, 3.63) is 41.7 Å². The van der Waals surface area contributed by atoms with Gasteiger partial charge in [-0.2, -0.15) is 0 Å². The maximum absolute atomic E-state index is 12.1. The minimum Gasteiger partial charge on any atom is -0.511 e. The maximum Gasteiger partial charge on any atom is 0.344 e. The predicted octanol–water partition coefficient (Wildman–Crippen LogP) is 4.01. The molecular weight excluding hydrogens is 286 g/mol. The predicted molar refractivity (Wildman–Crippen MR) is 86.1 cm³/mol. The van der Waals surface area contributed by atoms with Crippen molar-refractivity contribution in [1.29, 1.82) is 0 Å². The fourth-order valence-electron chi connectivity index (χ4n) is 2.07. The molecule has 0 bridgehead atoms. The molecule has 4 nitrogen and oxygen atoms in total. The van der Waals surface area contributed by atoms with E-state index in [1.807, 2.05) is 44.2 Å². The Morgan fingerprint density at radius 3 is 2.67 bits per heavy atom. The molecule has 0 spiro atoms. The Morgan fingerprint density at radius 1 is 1.38 bits per heavy atom. The van der Waals surface area contributed by atoms with Gasteiger partial charge in [0.2, 0.25) is 0 Å². The lowest BCUT2D eigenvalue weighted by Gasteiger charge is -2.30. The number of aliphatic hydroxyl groups excluding tert-OH is 1. The number of rotatable bonds is 3. The number of para-hydroxylation sites is 1. The summed E-state index contributed by atoms with van der Waals surface area (Å²) in [7, 11) is 0. The van der Waals surface area contributed by atoms with E-state index in [9.17, 15) is 9.90 Å². The highest BCUT2D eigenvalue weighted by Crippen LogP contribution is 2.41. The largest absolute Gasteiger partial charge is 0.511 e. The van der Waals surface area contributed by atoms with Crippen molar-refractivity contribution in [3.8, 4) is 0 Å². The zero-order valence-electron chi connectivity index (χ0n) is 12.4. The van der Waals surface area contributed by atoms with Gasteiger partial charge in [0.25, 0.3) is 0 Å². The first-order valence-corrected chi connectivity index (χ1v) is 7.67. The van der Waals surface area contributed by atoms with Crippen LogP contribution in [0.4, 0.5) is 5.69 Å². The lowest BCUT2D eigenvalue weighted by Crippen LogP contribution is -2.29. The molecule has 0 saturated heterocycles. The van der Waals surface area contributed by atoms with Gasteiger partial charge in [0.05, 0.1) is 12.3 Å². The van der Waals surface area contributed by atoms with Crippen LogP contribution in [0.1, 0.15) is 27.2 Å². The third kappa shape index (κ3) is 3.88. The quantitative estimate of drug-likeness (QED) is 0.857. The van der Waals surface area contributed by atoms with Crippen molar-refractivity contribution in [2.75, 3.05) is 6.61 Å². The number of benzene rings is 1. The standard InChI is InChI=1S/C16H19NO3S/c1-4-20-15(19)13-12(18)10-16(2,3)21-14(13)17-11-8-6-5-7-9-11/h5-9,18H,4,10H2,1-3H3. The summed E-state index contributed by atoms with van der Waals surface area (Å²) in [5.74, 6) is -0.473. The molecule has 0 saturated carbocycles. The SMILES string of the molecule is CCOC(=O)C1=C(O)CC(C)(C)SC1=Nc1ccccc1.